The van der Waals surface area contributed by atoms with Crippen molar-refractivity contribution in [2.45, 2.75) is 12.8 Å². The quantitative estimate of drug-likeness (QED) is 0.691. The van der Waals surface area contributed by atoms with Crippen molar-refractivity contribution in [2.75, 3.05) is 18.5 Å². The molecule has 27 heavy (non-hydrogen) atoms. The Kier molecular flexibility index (Phi) is 7.54. The molecule has 2 aromatic carbocycles. The summed E-state index contributed by atoms with van der Waals surface area (Å²) in [6, 6.07) is 18.0. The minimum atomic E-state index is -0.698. The summed E-state index contributed by atoms with van der Waals surface area (Å²) < 4.78 is 4.83. The van der Waals surface area contributed by atoms with Gasteiger partial charge in [-0.15, -0.1) is 0 Å². The smallest absolute Gasteiger partial charge is 0.325 e. The lowest BCUT2D eigenvalue weighted by Crippen LogP contribution is -2.33. The molecule has 0 heterocycles. The van der Waals surface area contributed by atoms with E-state index < -0.39 is 18.5 Å². The SMILES string of the molecule is N#CCc1ccc(NC(=O)COC(=O)CNC(=O)Cc2ccccc2)cc1. The first-order chi connectivity index (χ1) is 13.1. The first-order valence-corrected chi connectivity index (χ1v) is 8.29. The lowest BCUT2D eigenvalue weighted by molar-refractivity contribution is -0.147. The number of benzene rings is 2. The van der Waals surface area contributed by atoms with Gasteiger partial charge in [0, 0.05) is 5.69 Å². The van der Waals surface area contributed by atoms with E-state index in [2.05, 4.69) is 10.6 Å². The molecule has 0 aliphatic rings. The van der Waals surface area contributed by atoms with Crippen LogP contribution in [-0.2, 0) is 32.0 Å². The number of hydrogen-bond acceptors (Lipinski definition) is 5. The van der Waals surface area contributed by atoms with Gasteiger partial charge < -0.3 is 15.4 Å². The normalized spacial score (nSPS) is 9.74. The maximum absolute atomic E-state index is 11.8. The van der Waals surface area contributed by atoms with Crippen molar-refractivity contribution in [3.63, 3.8) is 0 Å². The van der Waals surface area contributed by atoms with Gasteiger partial charge in [0.1, 0.15) is 6.54 Å². The van der Waals surface area contributed by atoms with Crippen molar-refractivity contribution in [2.24, 2.45) is 0 Å². The second kappa shape index (κ2) is 10.4. The van der Waals surface area contributed by atoms with E-state index in [9.17, 15) is 14.4 Å². The number of carbonyl (C=O) groups excluding carboxylic acids is 3. The first kappa shape index (κ1) is 19.7. The molecule has 138 valence electrons. The number of anilines is 1. The van der Waals surface area contributed by atoms with Gasteiger partial charge in [-0.2, -0.15) is 5.26 Å². The lowest BCUT2D eigenvalue weighted by atomic mass is 10.1. The summed E-state index contributed by atoms with van der Waals surface area (Å²) in [6.07, 6.45) is 0.457. The molecule has 0 fully saturated rings. The van der Waals surface area contributed by atoms with Crippen molar-refractivity contribution in [3.8, 4) is 6.07 Å². The zero-order valence-electron chi connectivity index (χ0n) is 14.6. The number of nitriles is 1. The number of amides is 2. The molecule has 0 saturated carbocycles. The van der Waals surface area contributed by atoms with E-state index in [1.807, 2.05) is 36.4 Å². The summed E-state index contributed by atoms with van der Waals surface area (Å²) in [7, 11) is 0. The van der Waals surface area contributed by atoms with Crippen molar-refractivity contribution >= 4 is 23.5 Å². The molecular formula is C20H19N3O4. The second-order valence-corrected chi connectivity index (χ2v) is 5.68. The number of hydrogen-bond donors (Lipinski definition) is 2. The number of nitrogens with zero attached hydrogens (tertiary/aromatic N) is 1. The molecule has 0 saturated heterocycles. The molecule has 0 aromatic heterocycles. The standard InChI is InChI=1S/C20H19N3O4/c21-11-10-15-6-8-17(9-7-15)23-19(25)14-27-20(26)13-22-18(24)12-16-4-2-1-3-5-16/h1-9H,10,12-14H2,(H,22,24)(H,23,25). The topological polar surface area (TPSA) is 108 Å². The van der Waals surface area contributed by atoms with Gasteiger partial charge in [0.25, 0.3) is 5.91 Å². The Balaban J connectivity index is 1.66. The zero-order chi connectivity index (χ0) is 19.5. The van der Waals surface area contributed by atoms with Crippen molar-refractivity contribution in [1.82, 2.24) is 5.32 Å². The summed E-state index contributed by atoms with van der Waals surface area (Å²) in [5.41, 5.74) is 2.21. The molecule has 0 spiro atoms. The fourth-order valence-corrected chi connectivity index (χ4v) is 2.21. The third kappa shape index (κ3) is 7.40. The Morgan fingerprint density at radius 3 is 2.30 bits per heavy atom. The summed E-state index contributed by atoms with van der Waals surface area (Å²) in [5, 5.41) is 13.6. The van der Waals surface area contributed by atoms with Crippen LogP contribution in [0.25, 0.3) is 0 Å². The fraction of sp³-hybridized carbons (Fsp3) is 0.200. The summed E-state index contributed by atoms with van der Waals surface area (Å²) in [5.74, 6) is -1.50. The summed E-state index contributed by atoms with van der Waals surface area (Å²) >= 11 is 0. The van der Waals surface area contributed by atoms with Crippen LogP contribution in [0, 0.1) is 11.3 Å². The van der Waals surface area contributed by atoms with Gasteiger partial charge >= 0.3 is 5.97 Å². The molecular weight excluding hydrogens is 346 g/mol. The predicted octanol–water partition coefficient (Wildman–Crippen LogP) is 1.59. The zero-order valence-corrected chi connectivity index (χ0v) is 14.6. The van der Waals surface area contributed by atoms with E-state index in [4.69, 9.17) is 10.00 Å². The maximum Gasteiger partial charge on any atom is 0.325 e. The van der Waals surface area contributed by atoms with Crippen LogP contribution in [-0.4, -0.2) is 30.9 Å². The Labute approximate surface area is 156 Å². The largest absolute Gasteiger partial charge is 0.454 e. The number of nitrogens with one attached hydrogen (secondary N) is 2. The highest BCUT2D eigenvalue weighted by Crippen LogP contribution is 2.09. The van der Waals surface area contributed by atoms with Crippen molar-refractivity contribution in [1.29, 1.82) is 5.26 Å². The van der Waals surface area contributed by atoms with Gasteiger partial charge in [-0.1, -0.05) is 42.5 Å². The molecule has 7 heteroatoms. The Morgan fingerprint density at radius 1 is 0.926 bits per heavy atom. The van der Waals surface area contributed by atoms with Crippen LogP contribution in [0.4, 0.5) is 5.69 Å². The van der Waals surface area contributed by atoms with Crippen LogP contribution in [0.15, 0.2) is 54.6 Å². The summed E-state index contributed by atoms with van der Waals surface area (Å²) in [6.45, 7) is -0.755. The van der Waals surface area contributed by atoms with Gasteiger partial charge in [0.15, 0.2) is 6.61 Å². The highest BCUT2D eigenvalue weighted by atomic mass is 16.5. The van der Waals surface area contributed by atoms with Crippen LogP contribution >= 0.6 is 0 Å². The minimum absolute atomic E-state index is 0.163. The van der Waals surface area contributed by atoms with Gasteiger partial charge in [0.05, 0.1) is 18.9 Å². The Hall–Kier alpha value is -3.66. The second-order valence-electron chi connectivity index (χ2n) is 5.68. The van der Waals surface area contributed by atoms with E-state index in [0.717, 1.165) is 11.1 Å². The van der Waals surface area contributed by atoms with E-state index in [1.54, 1.807) is 24.3 Å². The molecule has 0 atom stereocenters. The molecule has 0 bridgehead atoms. The van der Waals surface area contributed by atoms with Crippen LogP contribution in [0.1, 0.15) is 11.1 Å². The Morgan fingerprint density at radius 2 is 1.63 bits per heavy atom. The van der Waals surface area contributed by atoms with E-state index in [0.29, 0.717) is 12.1 Å². The molecule has 2 aromatic rings. The minimum Gasteiger partial charge on any atom is -0.454 e. The monoisotopic (exact) mass is 365 g/mol. The fourth-order valence-electron chi connectivity index (χ4n) is 2.21. The average molecular weight is 365 g/mol. The molecule has 0 aliphatic carbocycles. The van der Waals surface area contributed by atoms with Gasteiger partial charge in [-0.3, -0.25) is 14.4 Å². The van der Waals surface area contributed by atoms with Gasteiger partial charge in [-0.05, 0) is 23.3 Å². The number of ether oxygens (including phenoxy) is 1. The molecule has 0 aliphatic heterocycles. The lowest BCUT2D eigenvalue weighted by Gasteiger charge is -2.08. The van der Waals surface area contributed by atoms with Gasteiger partial charge in [-0.25, -0.2) is 0 Å². The molecule has 0 unspecified atom stereocenters. The molecule has 2 N–H and O–H groups in total. The highest BCUT2D eigenvalue weighted by molar-refractivity contribution is 5.93. The Bertz CT molecular complexity index is 827. The number of carbonyl (C=O) groups is 3. The van der Waals surface area contributed by atoms with Crippen LogP contribution in [0.2, 0.25) is 0 Å². The van der Waals surface area contributed by atoms with Gasteiger partial charge in [0.2, 0.25) is 5.91 Å². The summed E-state index contributed by atoms with van der Waals surface area (Å²) in [4.78, 5) is 35.2. The van der Waals surface area contributed by atoms with Crippen molar-refractivity contribution in [3.05, 3.63) is 65.7 Å². The predicted molar refractivity (Wildman–Crippen MR) is 98.5 cm³/mol. The third-order valence-corrected chi connectivity index (χ3v) is 3.52. The first-order valence-electron chi connectivity index (χ1n) is 8.29. The molecule has 0 radical (unpaired) electrons. The van der Waals surface area contributed by atoms with Crippen LogP contribution < -0.4 is 10.6 Å². The van der Waals surface area contributed by atoms with E-state index >= 15 is 0 Å². The number of esters is 1. The van der Waals surface area contributed by atoms with Crippen molar-refractivity contribution < 1.29 is 19.1 Å². The molecule has 2 amide bonds. The van der Waals surface area contributed by atoms with Crippen LogP contribution in [0.5, 0.6) is 0 Å². The highest BCUT2D eigenvalue weighted by Gasteiger charge is 2.10. The van der Waals surface area contributed by atoms with Crippen LogP contribution in [0.3, 0.4) is 0 Å². The number of rotatable bonds is 8. The van der Waals surface area contributed by atoms with E-state index in [1.165, 1.54) is 0 Å². The van der Waals surface area contributed by atoms with E-state index in [-0.39, 0.29) is 18.9 Å². The third-order valence-electron chi connectivity index (χ3n) is 3.52. The maximum atomic E-state index is 11.8. The molecule has 2 rings (SSSR count). The molecule has 7 nitrogen and oxygen atoms in total. The average Bonchev–Trinajstić information content (AvgIpc) is 2.67.